The van der Waals surface area contributed by atoms with Crippen LogP contribution in [0, 0.1) is 0 Å². The van der Waals surface area contributed by atoms with Gasteiger partial charge in [-0.1, -0.05) is 19.9 Å². The molecule has 2 aromatic heterocycles. The van der Waals surface area contributed by atoms with Crippen molar-refractivity contribution < 1.29 is 19.1 Å². The number of amides is 1. The van der Waals surface area contributed by atoms with Gasteiger partial charge in [-0.15, -0.1) is 11.3 Å². The number of carboxylic acid groups (broad SMARTS) is 1. The molecule has 0 aliphatic carbocycles. The Kier molecular flexibility index (Phi) is 3.94. The number of carboxylic acids is 1. The second-order valence-electron chi connectivity index (χ2n) is 5.05. The number of carbonyl (C=O) groups is 2. The summed E-state index contributed by atoms with van der Waals surface area (Å²) in [4.78, 5) is 23.8. The number of rotatable bonds is 5. The Bertz CT molecular complexity index is 613. The summed E-state index contributed by atoms with van der Waals surface area (Å²) >= 11 is 1.63. The third-order valence-corrected chi connectivity index (χ3v) is 4.19. The first-order chi connectivity index (χ1) is 9.40. The van der Waals surface area contributed by atoms with Crippen LogP contribution < -0.4 is 5.32 Å². The van der Waals surface area contributed by atoms with Crippen LogP contribution >= 0.6 is 11.3 Å². The van der Waals surface area contributed by atoms with Gasteiger partial charge in [0.1, 0.15) is 6.26 Å². The van der Waals surface area contributed by atoms with E-state index in [1.165, 1.54) is 10.9 Å². The number of carbonyl (C=O) groups excluding carboxylic acids is 1. The SMILES string of the molecule is CC(C)(CNC(=O)c1cc(C(=O)O)co1)c1cccs1. The maximum absolute atomic E-state index is 11.9. The average Bonchev–Trinajstić information content (AvgIpc) is 3.06. The zero-order valence-electron chi connectivity index (χ0n) is 11.2. The van der Waals surface area contributed by atoms with Crippen LogP contribution in [0.3, 0.4) is 0 Å². The zero-order chi connectivity index (χ0) is 14.8. The highest BCUT2D eigenvalue weighted by atomic mass is 32.1. The first-order valence-corrected chi connectivity index (χ1v) is 6.92. The van der Waals surface area contributed by atoms with Gasteiger partial charge in [-0.3, -0.25) is 4.79 Å². The molecule has 2 heterocycles. The molecule has 0 bridgehead atoms. The molecule has 0 saturated carbocycles. The summed E-state index contributed by atoms with van der Waals surface area (Å²) in [5, 5.41) is 13.5. The molecular weight excluding hydrogens is 278 g/mol. The maximum Gasteiger partial charge on any atom is 0.338 e. The van der Waals surface area contributed by atoms with Crippen molar-refractivity contribution in [3.8, 4) is 0 Å². The average molecular weight is 293 g/mol. The maximum atomic E-state index is 11.9. The van der Waals surface area contributed by atoms with Crippen molar-refractivity contribution >= 4 is 23.2 Å². The number of furan rings is 1. The standard InChI is InChI=1S/C14H15NO4S/c1-14(2,11-4-3-5-20-11)8-15-12(16)10-6-9(7-19-10)13(17)18/h3-7H,8H2,1-2H3,(H,15,16)(H,17,18). The van der Waals surface area contributed by atoms with Crippen LogP contribution in [0.15, 0.2) is 34.3 Å². The molecule has 0 fully saturated rings. The molecule has 0 saturated heterocycles. The highest BCUT2D eigenvalue weighted by molar-refractivity contribution is 7.10. The van der Waals surface area contributed by atoms with Crippen LogP contribution in [0.5, 0.6) is 0 Å². The lowest BCUT2D eigenvalue weighted by Crippen LogP contribution is -2.36. The Morgan fingerprint density at radius 1 is 1.45 bits per heavy atom. The fraction of sp³-hybridized carbons (Fsp3) is 0.286. The number of hydrogen-bond donors (Lipinski definition) is 2. The molecule has 20 heavy (non-hydrogen) atoms. The molecule has 0 aliphatic heterocycles. The molecule has 5 nitrogen and oxygen atoms in total. The van der Waals surface area contributed by atoms with Gasteiger partial charge >= 0.3 is 5.97 Å². The Labute approximate surface area is 120 Å². The largest absolute Gasteiger partial charge is 0.478 e. The normalized spacial score (nSPS) is 11.3. The van der Waals surface area contributed by atoms with Crippen molar-refractivity contribution in [2.45, 2.75) is 19.3 Å². The van der Waals surface area contributed by atoms with E-state index in [4.69, 9.17) is 9.52 Å². The molecule has 0 spiro atoms. The van der Waals surface area contributed by atoms with Gasteiger partial charge in [0.15, 0.2) is 5.76 Å². The van der Waals surface area contributed by atoms with Crippen molar-refractivity contribution in [1.82, 2.24) is 5.32 Å². The molecule has 2 aromatic rings. The number of aromatic carboxylic acids is 1. The summed E-state index contributed by atoms with van der Waals surface area (Å²) in [7, 11) is 0. The van der Waals surface area contributed by atoms with E-state index in [9.17, 15) is 9.59 Å². The summed E-state index contributed by atoms with van der Waals surface area (Å²) in [6.07, 6.45) is 1.06. The van der Waals surface area contributed by atoms with Crippen LogP contribution in [0.2, 0.25) is 0 Å². The van der Waals surface area contributed by atoms with Gasteiger partial charge in [0.25, 0.3) is 5.91 Å². The lowest BCUT2D eigenvalue weighted by Gasteiger charge is -2.23. The van der Waals surface area contributed by atoms with Crippen molar-refractivity contribution in [3.05, 3.63) is 46.0 Å². The first-order valence-electron chi connectivity index (χ1n) is 6.04. The Morgan fingerprint density at radius 2 is 2.20 bits per heavy atom. The summed E-state index contributed by atoms with van der Waals surface area (Å²) in [6.45, 7) is 4.50. The van der Waals surface area contributed by atoms with E-state index in [0.717, 1.165) is 6.26 Å². The van der Waals surface area contributed by atoms with Gasteiger partial charge < -0.3 is 14.8 Å². The fourth-order valence-corrected chi connectivity index (χ4v) is 2.56. The molecule has 0 atom stereocenters. The molecular formula is C14H15NO4S. The summed E-state index contributed by atoms with van der Waals surface area (Å²) in [6, 6.07) is 5.21. The van der Waals surface area contributed by atoms with Gasteiger partial charge in [0.2, 0.25) is 0 Å². The topological polar surface area (TPSA) is 79.5 Å². The monoisotopic (exact) mass is 293 g/mol. The van der Waals surface area contributed by atoms with Crippen molar-refractivity contribution in [3.63, 3.8) is 0 Å². The van der Waals surface area contributed by atoms with E-state index in [1.807, 2.05) is 31.4 Å². The minimum Gasteiger partial charge on any atom is -0.478 e. The van der Waals surface area contributed by atoms with Crippen molar-refractivity contribution in [1.29, 1.82) is 0 Å². The zero-order valence-corrected chi connectivity index (χ0v) is 12.0. The summed E-state index contributed by atoms with van der Waals surface area (Å²) < 4.78 is 4.95. The molecule has 0 unspecified atom stereocenters. The van der Waals surface area contributed by atoms with E-state index in [1.54, 1.807) is 11.3 Å². The van der Waals surface area contributed by atoms with Crippen LogP contribution in [0.4, 0.5) is 0 Å². The van der Waals surface area contributed by atoms with E-state index >= 15 is 0 Å². The molecule has 0 radical (unpaired) electrons. The summed E-state index contributed by atoms with van der Waals surface area (Å²) in [5.74, 6) is -1.53. The van der Waals surface area contributed by atoms with Crippen LogP contribution in [0.25, 0.3) is 0 Å². The van der Waals surface area contributed by atoms with E-state index in [2.05, 4.69) is 5.32 Å². The van der Waals surface area contributed by atoms with Gasteiger partial charge in [0.05, 0.1) is 5.56 Å². The second-order valence-corrected chi connectivity index (χ2v) is 6.00. The third kappa shape index (κ3) is 3.08. The Hall–Kier alpha value is -2.08. The van der Waals surface area contributed by atoms with Gasteiger partial charge in [0, 0.05) is 22.9 Å². The molecule has 1 amide bonds. The molecule has 6 heteroatoms. The predicted octanol–water partition coefficient (Wildman–Crippen LogP) is 2.75. The molecule has 2 N–H and O–H groups in total. The Balaban J connectivity index is 1.99. The van der Waals surface area contributed by atoms with Crippen LogP contribution in [0.1, 0.15) is 39.6 Å². The smallest absolute Gasteiger partial charge is 0.338 e. The van der Waals surface area contributed by atoms with E-state index in [0.29, 0.717) is 6.54 Å². The van der Waals surface area contributed by atoms with E-state index in [-0.39, 0.29) is 16.7 Å². The van der Waals surface area contributed by atoms with Crippen LogP contribution in [-0.2, 0) is 5.41 Å². The number of hydrogen-bond acceptors (Lipinski definition) is 4. The van der Waals surface area contributed by atoms with Crippen molar-refractivity contribution in [2.24, 2.45) is 0 Å². The fourth-order valence-electron chi connectivity index (χ4n) is 1.71. The molecule has 0 aromatic carbocycles. The predicted molar refractivity (Wildman–Crippen MR) is 75.3 cm³/mol. The van der Waals surface area contributed by atoms with Crippen molar-refractivity contribution in [2.75, 3.05) is 6.54 Å². The highest BCUT2D eigenvalue weighted by Gasteiger charge is 2.23. The number of nitrogens with one attached hydrogen (secondary N) is 1. The summed E-state index contributed by atoms with van der Waals surface area (Å²) in [5.41, 5.74) is -0.223. The quantitative estimate of drug-likeness (QED) is 0.888. The van der Waals surface area contributed by atoms with Gasteiger partial charge in [-0.05, 0) is 11.4 Å². The molecule has 2 rings (SSSR count). The molecule has 106 valence electrons. The minimum absolute atomic E-state index is 0.00406. The minimum atomic E-state index is -1.12. The van der Waals surface area contributed by atoms with Crippen LogP contribution in [-0.4, -0.2) is 23.5 Å². The number of thiophene rings is 1. The third-order valence-electron chi connectivity index (χ3n) is 2.95. The Morgan fingerprint density at radius 3 is 2.75 bits per heavy atom. The molecule has 0 aliphatic rings. The van der Waals surface area contributed by atoms with Gasteiger partial charge in [-0.2, -0.15) is 0 Å². The van der Waals surface area contributed by atoms with E-state index < -0.39 is 11.9 Å². The second kappa shape index (κ2) is 5.50. The lowest BCUT2D eigenvalue weighted by atomic mass is 9.91. The van der Waals surface area contributed by atoms with Gasteiger partial charge in [-0.25, -0.2) is 4.79 Å². The highest BCUT2D eigenvalue weighted by Crippen LogP contribution is 2.26. The first kappa shape index (κ1) is 14.3. The lowest BCUT2D eigenvalue weighted by molar-refractivity contribution is 0.0696.